The van der Waals surface area contributed by atoms with E-state index in [1.54, 1.807) is 6.92 Å². The van der Waals surface area contributed by atoms with Crippen LogP contribution in [-0.4, -0.2) is 47.0 Å². The molecule has 1 aliphatic heterocycles. The van der Waals surface area contributed by atoms with Crippen LogP contribution in [0.1, 0.15) is 46.3 Å². The van der Waals surface area contributed by atoms with Crippen molar-refractivity contribution >= 4 is 5.91 Å². The molecule has 3 rings (SSSR count). The number of hydrogen-bond donors (Lipinski definition) is 0. The monoisotopic (exact) mass is 352 g/mol. The first-order chi connectivity index (χ1) is 12.6. The van der Waals surface area contributed by atoms with Crippen LogP contribution in [-0.2, 0) is 13.0 Å². The summed E-state index contributed by atoms with van der Waals surface area (Å²) in [6.45, 7) is 7.84. The van der Waals surface area contributed by atoms with Crippen molar-refractivity contribution in [2.45, 2.75) is 33.2 Å². The molecule has 1 amide bonds. The maximum atomic E-state index is 12.9. The summed E-state index contributed by atoms with van der Waals surface area (Å²) in [5.74, 6) is 0.631. The molecule has 0 unspecified atom stereocenters. The van der Waals surface area contributed by atoms with Gasteiger partial charge in [0, 0.05) is 32.7 Å². The zero-order valence-corrected chi connectivity index (χ0v) is 15.4. The molecule has 136 valence electrons. The zero-order valence-electron chi connectivity index (χ0n) is 15.4. The summed E-state index contributed by atoms with van der Waals surface area (Å²) >= 11 is 0. The summed E-state index contributed by atoms with van der Waals surface area (Å²) < 4.78 is 5.22. The van der Waals surface area contributed by atoms with Crippen LogP contribution < -0.4 is 0 Å². The molecule has 1 saturated heterocycles. The highest BCUT2D eigenvalue weighted by molar-refractivity contribution is 5.96. The number of nitriles is 1. The van der Waals surface area contributed by atoms with E-state index in [0.717, 1.165) is 38.3 Å². The highest BCUT2D eigenvalue weighted by Crippen LogP contribution is 2.18. The van der Waals surface area contributed by atoms with Gasteiger partial charge in [-0.3, -0.25) is 9.69 Å². The molecule has 2 aromatic rings. The second-order valence-electron chi connectivity index (χ2n) is 6.64. The molecule has 1 fully saturated rings. The first kappa shape index (κ1) is 18.2. The van der Waals surface area contributed by atoms with Gasteiger partial charge < -0.3 is 9.42 Å². The standard InChI is InChI=1S/C20H24N4O2/c1-3-18-19(15(2)26-22-18)20(25)24-10-4-9-23(11-12-24)14-17-7-5-16(13-21)6-8-17/h5-8H,3-4,9-12,14H2,1-2H3. The smallest absolute Gasteiger partial charge is 0.259 e. The second-order valence-corrected chi connectivity index (χ2v) is 6.64. The van der Waals surface area contributed by atoms with Crippen molar-refractivity contribution in [2.24, 2.45) is 0 Å². The Bertz CT molecular complexity index is 804. The van der Waals surface area contributed by atoms with Crippen LogP contribution in [0.5, 0.6) is 0 Å². The van der Waals surface area contributed by atoms with Crippen LogP contribution in [0.3, 0.4) is 0 Å². The number of aromatic nitrogens is 1. The highest BCUT2D eigenvalue weighted by Gasteiger charge is 2.26. The van der Waals surface area contributed by atoms with Crippen molar-refractivity contribution < 1.29 is 9.32 Å². The first-order valence-electron chi connectivity index (χ1n) is 9.08. The predicted octanol–water partition coefficient (Wildman–Crippen LogP) is 2.77. The molecule has 0 aliphatic carbocycles. The average molecular weight is 352 g/mol. The second kappa shape index (κ2) is 8.15. The third-order valence-corrected chi connectivity index (χ3v) is 4.85. The van der Waals surface area contributed by atoms with Crippen molar-refractivity contribution in [3.8, 4) is 6.07 Å². The van der Waals surface area contributed by atoms with E-state index in [2.05, 4.69) is 16.1 Å². The summed E-state index contributed by atoms with van der Waals surface area (Å²) in [5.41, 5.74) is 3.24. The molecule has 0 radical (unpaired) electrons. The van der Waals surface area contributed by atoms with Crippen LogP contribution in [0.15, 0.2) is 28.8 Å². The third kappa shape index (κ3) is 3.94. The number of amides is 1. The molecule has 1 aromatic carbocycles. The minimum atomic E-state index is 0.0285. The number of nitrogens with zero attached hydrogens (tertiary/aromatic N) is 4. The highest BCUT2D eigenvalue weighted by atomic mass is 16.5. The Kier molecular flexibility index (Phi) is 5.69. The van der Waals surface area contributed by atoms with Crippen molar-refractivity contribution in [3.05, 3.63) is 52.4 Å². The Morgan fingerprint density at radius 1 is 1.23 bits per heavy atom. The van der Waals surface area contributed by atoms with Crippen molar-refractivity contribution in [2.75, 3.05) is 26.2 Å². The quantitative estimate of drug-likeness (QED) is 0.846. The first-order valence-corrected chi connectivity index (χ1v) is 9.08. The van der Waals surface area contributed by atoms with Gasteiger partial charge in [0.05, 0.1) is 17.3 Å². The zero-order chi connectivity index (χ0) is 18.5. The van der Waals surface area contributed by atoms with Crippen molar-refractivity contribution in [1.82, 2.24) is 15.0 Å². The van der Waals surface area contributed by atoms with E-state index < -0.39 is 0 Å². The number of carbonyl (C=O) groups is 1. The van der Waals surface area contributed by atoms with E-state index in [-0.39, 0.29) is 5.91 Å². The Balaban J connectivity index is 1.63. The Morgan fingerprint density at radius 2 is 2.00 bits per heavy atom. The molecular weight excluding hydrogens is 328 g/mol. The molecule has 0 bridgehead atoms. The molecule has 26 heavy (non-hydrogen) atoms. The molecule has 0 N–H and O–H groups in total. The fourth-order valence-corrected chi connectivity index (χ4v) is 3.37. The minimum Gasteiger partial charge on any atom is -0.361 e. The molecule has 1 aliphatic rings. The topological polar surface area (TPSA) is 73.4 Å². The molecule has 1 aromatic heterocycles. The van der Waals surface area contributed by atoms with E-state index in [0.29, 0.717) is 29.9 Å². The van der Waals surface area contributed by atoms with Gasteiger partial charge >= 0.3 is 0 Å². The van der Waals surface area contributed by atoms with E-state index in [1.807, 2.05) is 36.1 Å². The molecule has 6 heteroatoms. The van der Waals surface area contributed by atoms with Gasteiger partial charge in [0.2, 0.25) is 0 Å². The van der Waals surface area contributed by atoms with E-state index in [9.17, 15) is 4.79 Å². The van der Waals surface area contributed by atoms with Crippen LogP contribution in [0.4, 0.5) is 0 Å². The predicted molar refractivity (Wildman–Crippen MR) is 97.6 cm³/mol. The van der Waals surface area contributed by atoms with E-state index in [4.69, 9.17) is 9.78 Å². The minimum absolute atomic E-state index is 0.0285. The SMILES string of the molecule is CCc1noc(C)c1C(=O)N1CCCN(Cc2ccc(C#N)cc2)CC1. The van der Waals surface area contributed by atoms with Crippen molar-refractivity contribution in [1.29, 1.82) is 5.26 Å². The number of rotatable bonds is 4. The molecule has 0 atom stereocenters. The largest absolute Gasteiger partial charge is 0.361 e. The lowest BCUT2D eigenvalue weighted by Gasteiger charge is -2.22. The van der Waals surface area contributed by atoms with Gasteiger partial charge in [0.25, 0.3) is 5.91 Å². The van der Waals surface area contributed by atoms with Gasteiger partial charge in [-0.2, -0.15) is 5.26 Å². The summed E-state index contributed by atoms with van der Waals surface area (Å²) in [6.07, 6.45) is 1.63. The lowest BCUT2D eigenvalue weighted by atomic mass is 10.1. The Labute approximate surface area is 154 Å². The van der Waals surface area contributed by atoms with Gasteiger partial charge in [-0.25, -0.2) is 0 Å². The van der Waals surface area contributed by atoms with Crippen LogP contribution >= 0.6 is 0 Å². The molecule has 0 spiro atoms. The normalized spacial score (nSPS) is 15.5. The van der Waals surface area contributed by atoms with Gasteiger partial charge in [-0.15, -0.1) is 0 Å². The molecule has 6 nitrogen and oxygen atoms in total. The summed E-state index contributed by atoms with van der Waals surface area (Å²) in [5, 5.41) is 12.9. The fraction of sp³-hybridized carbons (Fsp3) is 0.450. The Hall–Kier alpha value is -2.65. The summed E-state index contributed by atoms with van der Waals surface area (Å²) in [6, 6.07) is 9.85. The molecular formula is C20H24N4O2. The van der Waals surface area contributed by atoms with Crippen molar-refractivity contribution in [3.63, 3.8) is 0 Å². The van der Waals surface area contributed by atoms with Gasteiger partial charge in [0.1, 0.15) is 11.3 Å². The van der Waals surface area contributed by atoms with E-state index >= 15 is 0 Å². The third-order valence-electron chi connectivity index (χ3n) is 4.85. The van der Waals surface area contributed by atoms with Gasteiger partial charge in [0.15, 0.2) is 0 Å². The van der Waals surface area contributed by atoms with Gasteiger partial charge in [-0.05, 0) is 37.5 Å². The van der Waals surface area contributed by atoms with Crippen LogP contribution in [0, 0.1) is 18.3 Å². The number of benzene rings is 1. The number of aryl methyl sites for hydroxylation is 2. The summed E-state index contributed by atoms with van der Waals surface area (Å²) in [4.78, 5) is 17.2. The fourth-order valence-electron chi connectivity index (χ4n) is 3.37. The van der Waals surface area contributed by atoms with Crippen LogP contribution in [0.2, 0.25) is 0 Å². The van der Waals surface area contributed by atoms with Crippen LogP contribution in [0.25, 0.3) is 0 Å². The number of hydrogen-bond acceptors (Lipinski definition) is 5. The molecule has 2 heterocycles. The number of carbonyl (C=O) groups excluding carboxylic acids is 1. The van der Waals surface area contributed by atoms with Gasteiger partial charge in [-0.1, -0.05) is 24.2 Å². The summed E-state index contributed by atoms with van der Waals surface area (Å²) in [7, 11) is 0. The lowest BCUT2D eigenvalue weighted by molar-refractivity contribution is 0.0758. The maximum absolute atomic E-state index is 12.9. The maximum Gasteiger partial charge on any atom is 0.259 e. The average Bonchev–Trinajstić information content (AvgIpc) is 2.88. The molecule has 0 saturated carbocycles. The Morgan fingerprint density at radius 3 is 2.69 bits per heavy atom. The lowest BCUT2D eigenvalue weighted by Crippen LogP contribution is -2.35. The van der Waals surface area contributed by atoms with E-state index in [1.165, 1.54) is 5.56 Å².